The Morgan fingerprint density at radius 3 is 2.63 bits per heavy atom. The van der Waals surface area contributed by atoms with Gasteiger partial charge in [-0.3, -0.25) is 4.90 Å². The van der Waals surface area contributed by atoms with E-state index in [0.29, 0.717) is 12.0 Å². The third-order valence-corrected chi connectivity index (χ3v) is 4.45. The molecule has 1 unspecified atom stereocenters. The molecule has 104 valence electrons. The minimum atomic E-state index is 0.640. The molecule has 1 aliphatic carbocycles. The Hall–Kier alpha value is -1.16. The van der Waals surface area contributed by atoms with Gasteiger partial charge >= 0.3 is 0 Å². The van der Waals surface area contributed by atoms with Crippen LogP contribution in [0.25, 0.3) is 0 Å². The first-order valence-corrected chi connectivity index (χ1v) is 7.60. The van der Waals surface area contributed by atoms with Gasteiger partial charge in [-0.15, -0.1) is 0 Å². The van der Waals surface area contributed by atoms with Crippen molar-refractivity contribution in [3.05, 3.63) is 18.1 Å². The van der Waals surface area contributed by atoms with Gasteiger partial charge in [-0.05, 0) is 32.3 Å². The summed E-state index contributed by atoms with van der Waals surface area (Å²) in [5, 5.41) is 0. The third-order valence-electron chi connectivity index (χ3n) is 4.45. The maximum Gasteiger partial charge on any atom is 0.133 e. The molecule has 19 heavy (non-hydrogen) atoms. The lowest BCUT2D eigenvalue weighted by atomic mass is 10.2. The van der Waals surface area contributed by atoms with Gasteiger partial charge < -0.3 is 4.90 Å². The first-order valence-electron chi connectivity index (χ1n) is 7.60. The van der Waals surface area contributed by atoms with Crippen molar-refractivity contribution in [2.24, 2.45) is 0 Å². The van der Waals surface area contributed by atoms with E-state index in [4.69, 9.17) is 4.98 Å². The standard InChI is InChI=1S/C15H24N4/c1-3-12(2)18-8-10-19(11-9-18)14-6-7-16-15(17-14)13-4-5-13/h6-7,12-13H,3-5,8-11H2,1-2H3. The van der Waals surface area contributed by atoms with E-state index in [-0.39, 0.29) is 0 Å². The van der Waals surface area contributed by atoms with Crippen molar-refractivity contribution in [2.45, 2.75) is 45.1 Å². The summed E-state index contributed by atoms with van der Waals surface area (Å²) in [6, 6.07) is 2.76. The Labute approximate surface area is 115 Å². The first kappa shape index (κ1) is 12.9. The average molecular weight is 260 g/mol. The van der Waals surface area contributed by atoms with Crippen molar-refractivity contribution < 1.29 is 0 Å². The molecule has 0 aromatic carbocycles. The van der Waals surface area contributed by atoms with E-state index < -0.39 is 0 Å². The van der Waals surface area contributed by atoms with Crippen LogP contribution in [0, 0.1) is 0 Å². The summed E-state index contributed by atoms with van der Waals surface area (Å²) in [5.74, 6) is 2.82. The van der Waals surface area contributed by atoms with Crippen molar-refractivity contribution >= 4 is 5.82 Å². The highest BCUT2D eigenvalue weighted by Crippen LogP contribution is 2.38. The van der Waals surface area contributed by atoms with E-state index in [1.165, 1.54) is 19.3 Å². The Kier molecular flexibility index (Phi) is 3.69. The molecule has 1 saturated carbocycles. The average Bonchev–Trinajstić information content (AvgIpc) is 3.31. The van der Waals surface area contributed by atoms with Crippen LogP contribution >= 0.6 is 0 Å². The molecule has 2 aliphatic rings. The molecule has 0 bridgehead atoms. The Bertz CT molecular complexity index is 422. The first-order chi connectivity index (χ1) is 9.28. The van der Waals surface area contributed by atoms with E-state index in [0.717, 1.165) is 37.8 Å². The molecule has 0 N–H and O–H groups in total. The second kappa shape index (κ2) is 5.45. The number of anilines is 1. The molecular weight excluding hydrogens is 236 g/mol. The third kappa shape index (κ3) is 2.89. The lowest BCUT2D eigenvalue weighted by Crippen LogP contribution is -2.49. The summed E-state index contributed by atoms with van der Waals surface area (Å²) in [6.45, 7) is 9.07. The van der Waals surface area contributed by atoms with Crippen LogP contribution in [0.5, 0.6) is 0 Å². The molecule has 1 saturated heterocycles. The van der Waals surface area contributed by atoms with Crippen LogP contribution in [0.3, 0.4) is 0 Å². The second-order valence-electron chi connectivity index (χ2n) is 5.83. The molecule has 1 aromatic heterocycles. The van der Waals surface area contributed by atoms with Gasteiger partial charge in [0.05, 0.1) is 0 Å². The fourth-order valence-electron chi connectivity index (χ4n) is 2.73. The van der Waals surface area contributed by atoms with Crippen molar-refractivity contribution in [2.75, 3.05) is 31.1 Å². The molecule has 1 aliphatic heterocycles. The van der Waals surface area contributed by atoms with Gasteiger partial charge in [0.15, 0.2) is 0 Å². The molecule has 1 atom stereocenters. The maximum atomic E-state index is 4.74. The zero-order chi connectivity index (χ0) is 13.2. The number of hydrogen-bond donors (Lipinski definition) is 0. The lowest BCUT2D eigenvalue weighted by Gasteiger charge is -2.38. The van der Waals surface area contributed by atoms with Crippen molar-refractivity contribution in [3.8, 4) is 0 Å². The monoisotopic (exact) mass is 260 g/mol. The molecule has 2 fully saturated rings. The summed E-state index contributed by atoms with van der Waals surface area (Å²) in [5.41, 5.74) is 0. The van der Waals surface area contributed by atoms with Gasteiger partial charge in [0, 0.05) is 44.3 Å². The molecule has 4 heteroatoms. The van der Waals surface area contributed by atoms with Crippen molar-refractivity contribution in [1.29, 1.82) is 0 Å². The van der Waals surface area contributed by atoms with Gasteiger partial charge in [-0.25, -0.2) is 9.97 Å². The van der Waals surface area contributed by atoms with E-state index >= 15 is 0 Å². The number of piperazine rings is 1. The quantitative estimate of drug-likeness (QED) is 0.831. The number of rotatable bonds is 4. The number of nitrogens with zero attached hydrogens (tertiary/aromatic N) is 4. The van der Waals surface area contributed by atoms with Crippen LogP contribution in [-0.4, -0.2) is 47.1 Å². The van der Waals surface area contributed by atoms with Crippen molar-refractivity contribution in [1.82, 2.24) is 14.9 Å². The minimum Gasteiger partial charge on any atom is -0.354 e. The zero-order valence-corrected chi connectivity index (χ0v) is 12.0. The fraction of sp³-hybridized carbons (Fsp3) is 0.733. The number of aromatic nitrogens is 2. The second-order valence-corrected chi connectivity index (χ2v) is 5.83. The van der Waals surface area contributed by atoms with Crippen LogP contribution in [0.2, 0.25) is 0 Å². The van der Waals surface area contributed by atoms with Gasteiger partial charge in [0.25, 0.3) is 0 Å². The van der Waals surface area contributed by atoms with Crippen LogP contribution < -0.4 is 4.90 Å². The summed E-state index contributed by atoms with van der Waals surface area (Å²) in [6.07, 6.45) is 5.70. The van der Waals surface area contributed by atoms with Gasteiger partial charge in [-0.1, -0.05) is 6.92 Å². The van der Waals surface area contributed by atoms with Crippen LogP contribution in [-0.2, 0) is 0 Å². The summed E-state index contributed by atoms with van der Waals surface area (Å²) < 4.78 is 0. The van der Waals surface area contributed by atoms with E-state index in [2.05, 4.69) is 34.7 Å². The summed E-state index contributed by atoms with van der Waals surface area (Å²) in [4.78, 5) is 14.1. The van der Waals surface area contributed by atoms with Gasteiger partial charge in [0.1, 0.15) is 11.6 Å². The zero-order valence-electron chi connectivity index (χ0n) is 12.0. The topological polar surface area (TPSA) is 32.3 Å². The minimum absolute atomic E-state index is 0.640. The van der Waals surface area contributed by atoms with Crippen LogP contribution in [0.15, 0.2) is 12.3 Å². The van der Waals surface area contributed by atoms with Crippen LogP contribution in [0.4, 0.5) is 5.82 Å². The predicted octanol–water partition coefficient (Wildman–Crippen LogP) is 2.27. The summed E-state index contributed by atoms with van der Waals surface area (Å²) >= 11 is 0. The largest absolute Gasteiger partial charge is 0.354 e. The molecule has 4 nitrogen and oxygen atoms in total. The van der Waals surface area contributed by atoms with Crippen LogP contribution in [0.1, 0.15) is 44.9 Å². The Balaban J connectivity index is 1.63. The molecule has 2 heterocycles. The van der Waals surface area contributed by atoms with Crippen molar-refractivity contribution in [3.63, 3.8) is 0 Å². The molecule has 0 amide bonds. The number of hydrogen-bond acceptors (Lipinski definition) is 4. The predicted molar refractivity (Wildman–Crippen MR) is 77.5 cm³/mol. The Morgan fingerprint density at radius 2 is 2.00 bits per heavy atom. The van der Waals surface area contributed by atoms with E-state index in [9.17, 15) is 0 Å². The van der Waals surface area contributed by atoms with Gasteiger partial charge in [0.2, 0.25) is 0 Å². The highest BCUT2D eigenvalue weighted by atomic mass is 15.3. The molecule has 0 spiro atoms. The highest BCUT2D eigenvalue weighted by Gasteiger charge is 2.27. The molecular formula is C15H24N4. The highest BCUT2D eigenvalue weighted by molar-refractivity contribution is 5.38. The summed E-state index contributed by atoms with van der Waals surface area (Å²) in [7, 11) is 0. The van der Waals surface area contributed by atoms with Gasteiger partial charge in [-0.2, -0.15) is 0 Å². The SMILES string of the molecule is CCC(C)N1CCN(c2ccnc(C3CC3)n2)CC1. The normalized spacial score (nSPS) is 22.5. The molecule has 0 radical (unpaired) electrons. The molecule has 1 aromatic rings. The maximum absolute atomic E-state index is 4.74. The van der Waals surface area contributed by atoms with E-state index in [1.54, 1.807) is 0 Å². The fourth-order valence-corrected chi connectivity index (χ4v) is 2.73. The Morgan fingerprint density at radius 1 is 1.26 bits per heavy atom. The smallest absolute Gasteiger partial charge is 0.133 e. The molecule has 3 rings (SSSR count). The van der Waals surface area contributed by atoms with E-state index in [1.807, 2.05) is 6.20 Å². The lowest BCUT2D eigenvalue weighted by molar-refractivity contribution is 0.192.